The first-order valence-electron chi connectivity index (χ1n) is 11.3. The molecule has 21 heteroatoms. The number of nitrogens with two attached hydrogens (primary N) is 2. The molecule has 2 aliphatic heterocycles. The Morgan fingerprint density at radius 3 is 2.74 bits per heavy atom. The first-order valence-corrected chi connectivity index (χ1v) is 16.0. The number of β-lactam (4-membered cyclic amide) rings is 1. The highest BCUT2D eigenvalue weighted by Crippen LogP contribution is 2.43. The second kappa shape index (κ2) is 13.4. The number of carboxylic acids is 2. The van der Waals surface area contributed by atoms with Crippen molar-refractivity contribution in [1.29, 1.82) is 10.7 Å². The maximum absolute atomic E-state index is 13.1. The third-order valence-corrected chi connectivity index (χ3v) is 10.7. The van der Waals surface area contributed by atoms with Crippen molar-refractivity contribution in [3.05, 3.63) is 27.9 Å². The van der Waals surface area contributed by atoms with Crippen LogP contribution in [0.25, 0.3) is 0 Å². The molecule has 16 nitrogen and oxygen atoms in total. The molecule has 8 N–H and O–H groups in total. The third-order valence-electron chi connectivity index (χ3n) is 5.34. The highest BCUT2D eigenvalue weighted by Gasteiger charge is 2.54. The number of nitrogens with zero attached hydrogens (tertiary/aromatic N) is 5. The zero-order chi connectivity index (χ0) is 30.6. The topological polar surface area (TPSA) is 271 Å². The molecule has 0 unspecified atom stereocenters. The number of carbonyl (C=O) groups is 4. The van der Waals surface area contributed by atoms with Gasteiger partial charge in [0.2, 0.25) is 6.61 Å². The Kier molecular flexibility index (Phi) is 9.94. The first-order chi connectivity index (χ1) is 20.0. The van der Waals surface area contributed by atoms with E-state index in [0.29, 0.717) is 20.4 Å². The number of amidine groups is 1. The van der Waals surface area contributed by atoms with E-state index in [2.05, 4.69) is 25.9 Å². The maximum atomic E-state index is 13.1. The fraction of sp³-hybridized carbons (Fsp3) is 0.286. The first kappa shape index (κ1) is 31.1. The van der Waals surface area contributed by atoms with Crippen molar-refractivity contribution in [3.8, 4) is 6.07 Å². The molecule has 0 aliphatic carbocycles. The lowest BCUT2D eigenvalue weighted by molar-refractivity contribution is -0.150. The molecule has 4 heterocycles. The van der Waals surface area contributed by atoms with Gasteiger partial charge in [-0.2, -0.15) is 9.64 Å². The van der Waals surface area contributed by atoms with Gasteiger partial charge in [-0.3, -0.25) is 19.9 Å². The number of amides is 2. The van der Waals surface area contributed by atoms with E-state index in [1.807, 2.05) is 0 Å². The van der Waals surface area contributed by atoms with Crippen LogP contribution in [0.1, 0.15) is 11.3 Å². The van der Waals surface area contributed by atoms with E-state index in [9.17, 15) is 29.5 Å². The van der Waals surface area contributed by atoms with Gasteiger partial charge >= 0.3 is 11.9 Å². The summed E-state index contributed by atoms with van der Waals surface area (Å²) in [4.78, 5) is 58.9. The van der Waals surface area contributed by atoms with Crippen LogP contribution in [0.2, 0.25) is 0 Å². The quantitative estimate of drug-likeness (QED) is 0.0554. The van der Waals surface area contributed by atoms with Crippen LogP contribution in [0, 0.1) is 16.7 Å². The summed E-state index contributed by atoms with van der Waals surface area (Å²) in [6.07, 6.45) is 0. The standard InChI is InChI=1S/C21H19N9O7S5/c22-1-8-16(38-6-10(23)24)29-42-20(8)40-4-7-3-39-18-13(17(34)30(18)14(7)19(35)36)27-15(33)12(28-37-2-11(31)32)9-5-41-21(25)26-9/h5,13,18H,2-4,6H2,(H3,23,24)(H2,25,26)(H,27,33)(H,31,32)(H,35,36)/b28-12+/t13-,18-/m1/s1. The largest absolute Gasteiger partial charge is 0.479 e. The van der Waals surface area contributed by atoms with Crippen molar-refractivity contribution in [3.63, 3.8) is 0 Å². The number of aromatic nitrogens is 2. The Hall–Kier alpha value is -3.84. The number of carboxylic acid groups (broad SMARTS) is 2. The summed E-state index contributed by atoms with van der Waals surface area (Å²) in [6.45, 7) is -0.825. The Balaban J connectivity index is 1.48. The van der Waals surface area contributed by atoms with Gasteiger partial charge in [0.1, 0.15) is 45.3 Å². The van der Waals surface area contributed by atoms with Gasteiger partial charge in [0.25, 0.3) is 11.8 Å². The van der Waals surface area contributed by atoms with Crippen LogP contribution < -0.4 is 16.8 Å². The van der Waals surface area contributed by atoms with Gasteiger partial charge in [-0.1, -0.05) is 16.9 Å². The predicted molar refractivity (Wildman–Crippen MR) is 157 cm³/mol. The average Bonchev–Trinajstić information content (AvgIpc) is 3.55. The van der Waals surface area contributed by atoms with E-state index >= 15 is 0 Å². The zero-order valence-electron chi connectivity index (χ0n) is 20.9. The molecule has 0 aromatic carbocycles. The molecule has 1 saturated heterocycles. The predicted octanol–water partition coefficient (Wildman–Crippen LogP) is 0.418. The molecule has 1 fully saturated rings. The monoisotopic (exact) mass is 669 g/mol. The Morgan fingerprint density at radius 1 is 1.36 bits per heavy atom. The number of rotatable bonds is 13. The molecule has 0 bridgehead atoms. The summed E-state index contributed by atoms with van der Waals surface area (Å²) in [5.41, 5.74) is 11.2. The zero-order valence-corrected chi connectivity index (χ0v) is 25.0. The number of nitriles is 1. The third kappa shape index (κ3) is 6.79. The summed E-state index contributed by atoms with van der Waals surface area (Å²) < 4.78 is 4.80. The molecule has 42 heavy (non-hydrogen) atoms. The summed E-state index contributed by atoms with van der Waals surface area (Å²) in [6, 6.07) is 0.984. The molecule has 2 aliphatic rings. The van der Waals surface area contributed by atoms with Crippen LogP contribution in [0.3, 0.4) is 0 Å². The highest BCUT2D eigenvalue weighted by atomic mass is 32.2. The van der Waals surface area contributed by atoms with E-state index in [-0.39, 0.29) is 39.6 Å². The molecular weight excluding hydrogens is 651 g/mol. The second-order valence-electron chi connectivity index (χ2n) is 8.16. The fourth-order valence-electron chi connectivity index (χ4n) is 3.61. The van der Waals surface area contributed by atoms with Gasteiger partial charge in [0, 0.05) is 16.9 Å². The summed E-state index contributed by atoms with van der Waals surface area (Å²) in [5.74, 6) is -3.70. The number of oxime groups is 1. The number of hydrogen-bond acceptors (Lipinski definition) is 16. The SMILES string of the molecule is N#Cc1c(SCC(=N)N)nsc1SCC1=C(C(=O)O)N2C(=O)[C@@H](NC(=O)/C(=N/OCC(=O)O)c3csc(N)n3)[C@H]2SC1. The Labute approximate surface area is 257 Å². The highest BCUT2D eigenvalue weighted by molar-refractivity contribution is 8.02. The van der Waals surface area contributed by atoms with Gasteiger partial charge in [0.05, 0.1) is 9.96 Å². The number of aliphatic carboxylic acids is 2. The number of nitrogens with one attached hydrogen (secondary N) is 2. The van der Waals surface area contributed by atoms with Crippen molar-refractivity contribution in [2.45, 2.75) is 20.7 Å². The minimum Gasteiger partial charge on any atom is -0.479 e. The van der Waals surface area contributed by atoms with Crippen molar-refractivity contribution >= 4 is 98.6 Å². The van der Waals surface area contributed by atoms with Crippen LogP contribution in [0.5, 0.6) is 0 Å². The van der Waals surface area contributed by atoms with Gasteiger partial charge in [-0.05, 0) is 17.1 Å². The summed E-state index contributed by atoms with van der Waals surface area (Å²) in [7, 11) is 0. The molecule has 0 saturated carbocycles. The van der Waals surface area contributed by atoms with Crippen LogP contribution in [-0.2, 0) is 24.0 Å². The molecule has 0 spiro atoms. The van der Waals surface area contributed by atoms with Crippen LogP contribution in [0.4, 0.5) is 5.13 Å². The van der Waals surface area contributed by atoms with E-state index in [1.165, 1.54) is 28.9 Å². The number of anilines is 1. The van der Waals surface area contributed by atoms with Gasteiger partial charge in [-0.15, -0.1) is 34.9 Å². The van der Waals surface area contributed by atoms with Gasteiger partial charge < -0.3 is 31.8 Å². The number of carbonyl (C=O) groups excluding carboxylic acids is 2. The van der Waals surface area contributed by atoms with Crippen LogP contribution in [0.15, 0.2) is 31.0 Å². The lowest BCUT2D eigenvalue weighted by Crippen LogP contribution is -2.71. The maximum Gasteiger partial charge on any atom is 0.352 e. The second-order valence-corrected chi connectivity index (χ2v) is 13.1. The van der Waals surface area contributed by atoms with E-state index < -0.39 is 47.5 Å². The van der Waals surface area contributed by atoms with Crippen molar-refractivity contribution in [1.82, 2.24) is 19.6 Å². The fourth-order valence-corrected chi connectivity index (χ4v) is 8.49. The number of thioether (sulfide) groups is 3. The average molecular weight is 670 g/mol. The minimum absolute atomic E-state index is 0.00778. The summed E-state index contributed by atoms with van der Waals surface area (Å²) in [5, 5.41) is 43.0. The Bertz CT molecular complexity index is 1560. The molecule has 0 radical (unpaired) electrons. The Morgan fingerprint density at radius 2 is 2.12 bits per heavy atom. The molecule has 2 aromatic rings. The molecule has 220 valence electrons. The normalized spacial score (nSPS) is 18.1. The van der Waals surface area contributed by atoms with Crippen molar-refractivity contribution in [2.24, 2.45) is 10.9 Å². The lowest BCUT2D eigenvalue weighted by atomic mass is 10.0. The minimum atomic E-state index is -1.33. The molecule has 2 aromatic heterocycles. The van der Waals surface area contributed by atoms with Crippen LogP contribution >= 0.6 is 58.2 Å². The number of thiazole rings is 1. The van der Waals surface area contributed by atoms with E-state index in [1.54, 1.807) is 0 Å². The lowest BCUT2D eigenvalue weighted by Gasteiger charge is -2.49. The summed E-state index contributed by atoms with van der Waals surface area (Å²) >= 11 is 5.69. The van der Waals surface area contributed by atoms with Crippen LogP contribution in [-0.4, -0.2) is 95.1 Å². The molecule has 2 atom stereocenters. The van der Waals surface area contributed by atoms with Gasteiger partial charge in [0.15, 0.2) is 10.8 Å². The number of hydrogen-bond donors (Lipinski definition) is 6. The molecule has 2 amide bonds. The van der Waals surface area contributed by atoms with E-state index in [4.69, 9.17) is 26.8 Å². The number of nitrogen functional groups attached to an aromatic ring is 1. The van der Waals surface area contributed by atoms with E-state index in [0.717, 1.165) is 39.5 Å². The van der Waals surface area contributed by atoms with Gasteiger partial charge in [-0.25, -0.2) is 14.6 Å². The smallest absolute Gasteiger partial charge is 0.352 e. The van der Waals surface area contributed by atoms with Crippen molar-refractivity contribution in [2.75, 3.05) is 29.6 Å². The molecular formula is C21H19N9O7S5. The van der Waals surface area contributed by atoms with Crippen molar-refractivity contribution < 1.29 is 34.2 Å². The molecule has 4 rings (SSSR count). The number of fused-ring (bicyclic) bond motifs is 1.